The highest BCUT2D eigenvalue weighted by Gasteiger charge is 2.32. The summed E-state index contributed by atoms with van der Waals surface area (Å²) in [6.07, 6.45) is -4.65. The summed E-state index contributed by atoms with van der Waals surface area (Å²) < 4.78 is 41.1. The topological polar surface area (TPSA) is 50.4 Å². The van der Waals surface area contributed by atoms with E-state index < -0.39 is 12.1 Å². The molecule has 0 aromatic heterocycles. The first-order valence-electron chi connectivity index (χ1n) is 5.87. The summed E-state index contributed by atoms with van der Waals surface area (Å²) in [6, 6.07) is 4.01. The molecule has 112 valence electrons. The van der Waals surface area contributed by atoms with E-state index in [0.29, 0.717) is 17.6 Å². The van der Waals surface area contributed by atoms with E-state index >= 15 is 0 Å². The minimum atomic E-state index is -4.82. The molecule has 0 aliphatic heterocycles. The molecule has 1 amide bonds. The van der Waals surface area contributed by atoms with Crippen molar-refractivity contribution in [3.05, 3.63) is 22.7 Å². The molecule has 0 saturated heterocycles. The van der Waals surface area contributed by atoms with Crippen molar-refractivity contribution in [3.63, 3.8) is 0 Å². The quantitative estimate of drug-likeness (QED) is 0.770. The number of carbonyl (C=O) groups excluding carboxylic acids is 1. The minimum Gasteiger partial charge on any atom is -0.404 e. The SMILES string of the molecule is CCNCCC(=O)Nc1ccc(Br)cc1OC(F)(F)F. The molecule has 1 aromatic carbocycles. The number of halogens is 4. The van der Waals surface area contributed by atoms with Crippen LogP contribution in [0.25, 0.3) is 0 Å². The third-order valence-electron chi connectivity index (χ3n) is 2.22. The standard InChI is InChI=1S/C12H14BrF3N2O2/c1-2-17-6-5-11(19)18-9-4-3-8(13)7-10(9)20-12(14,15)16/h3-4,7,17H,2,5-6H2,1H3,(H,18,19). The lowest BCUT2D eigenvalue weighted by atomic mass is 10.2. The van der Waals surface area contributed by atoms with Gasteiger partial charge >= 0.3 is 6.36 Å². The van der Waals surface area contributed by atoms with Crippen molar-refractivity contribution >= 4 is 27.5 Å². The molecular formula is C12H14BrF3N2O2. The van der Waals surface area contributed by atoms with Gasteiger partial charge in [-0.15, -0.1) is 13.2 Å². The largest absolute Gasteiger partial charge is 0.573 e. The molecule has 0 heterocycles. The zero-order valence-electron chi connectivity index (χ0n) is 10.7. The molecule has 0 spiro atoms. The number of hydrogen-bond acceptors (Lipinski definition) is 3. The molecule has 0 radical (unpaired) electrons. The molecule has 0 aliphatic carbocycles. The zero-order valence-corrected chi connectivity index (χ0v) is 12.3. The van der Waals surface area contributed by atoms with E-state index in [9.17, 15) is 18.0 Å². The Morgan fingerprint density at radius 1 is 1.40 bits per heavy atom. The number of nitrogens with one attached hydrogen (secondary N) is 2. The molecule has 0 unspecified atom stereocenters. The van der Waals surface area contributed by atoms with Gasteiger partial charge in [0.15, 0.2) is 5.75 Å². The van der Waals surface area contributed by atoms with Crippen LogP contribution in [0.15, 0.2) is 22.7 Å². The van der Waals surface area contributed by atoms with E-state index in [1.54, 1.807) is 0 Å². The normalized spacial score (nSPS) is 11.2. The number of carbonyl (C=O) groups is 1. The maximum atomic E-state index is 12.3. The van der Waals surface area contributed by atoms with Crippen LogP contribution in [-0.4, -0.2) is 25.4 Å². The number of alkyl halides is 3. The van der Waals surface area contributed by atoms with Gasteiger partial charge in [-0.05, 0) is 24.7 Å². The number of rotatable bonds is 6. The van der Waals surface area contributed by atoms with Crippen LogP contribution in [0.3, 0.4) is 0 Å². The summed E-state index contributed by atoms with van der Waals surface area (Å²) in [5.74, 6) is -0.844. The Kier molecular flexibility index (Phi) is 6.28. The van der Waals surface area contributed by atoms with Gasteiger partial charge in [0.25, 0.3) is 0 Å². The van der Waals surface area contributed by atoms with E-state index in [1.165, 1.54) is 12.1 Å². The first kappa shape index (κ1) is 16.8. The predicted octanol–water partition coefficient (Wildman–Crippen LogP) is 3.29. The van der Waals surface area contributed by atoms with Gasteiger partial charge < -0.3 is 15.4 Å². The third-order valence-corrected chi connectivity index (χ3v) is 2.72. The van der Waals surface area contributed by atoms with Crippen LogP contribution in [0, 0.1) is 0 Å². The lowest BCUT2D eigenvalue weighted by Gasteiger charge is -2.14. The first-order valence-corrected chi connectivity index (χ1v) is 6.67. The number of anilines is 1. The van der Waals surface area contributed by atoms with Crippen LogP contribution in [0.2, 0.25) is 0 Å². The Hall–Kier alpha value is -1.28. The summed E-state index contributed by atoms with van der Waals surface area (Å²) in [6.45, 7) is 3.06. The summed E-state index contributed by atoms with van der Waals surface area (Å²) >= 11 is 3.05. The second-order valence-corrected chi connectivity index (χ2v) is 4.76. The van der Waals surface area contributed by atoms with Crippen LogP contribution in [0.1, 0.15) is 13.3 Å². The molecule has 0 aliphatic rings. The van der Waals surface area contributed by atoms with Gasteiger partial charge in [0.2, 0.25) is 5.91 Å². The van der Waals surface area contributed by atoms with E-state index in [0.717, 1.165) is 6.07 Å². The van der Waals surface area contributed by atoms with Crippen molar-refractivity contribution in [2.45, 2.75) is 19.7 Å². The lowest BCUT2D eigenvalue weighted by molar-refractivity contribution is -0.274. The summed E-state index contributed by atoms with van der Waals surface area (Å²) in [7, 11) is 0. The number of benzene rings is 1. The van der Waals surface area contributed by atoms with Crippen LogP contribution >= 0.6 is 15.9 Å². The van der Waals surface area contributed by atoms with Crippen LogP contribution in [0.4, 0.5) is 18.9 Å². The van der Waals surface area contributed by atoms with Gasteiger partial charge in [-0.25, -0.2) is 0 Å². The van der Waals surface area contributed by atoms with E-state index in [1.807, 2.05) is 6.92 Å². The van der Waals surface area contributed by atoms with Crippen LogP contribution in [0.5, 0.6) is 5.75 Å². The van der Waals surface area contributed by atoms with Crippen molar-refractivity contribution < 1.29 is 22.7 Å². The molecule has 0 saturated carbocycles. The fourth-order valence-electron chi connectivity index (χ4n) is 1.40. The number of hydrogen-bond donors (Lipinski definition) is 2. The molecule has 0 bridgehead atoms. The molecule has 20 heavy (non-hydrogen) atoms. The van der Waals surface area contributed by atoms with E-state index in [-0.39, 0.29) is 18.0 Å². The van der Waals surface area contributed by atoms with Gasteiger partial charge in [0.05, 0.1) is 5.69 Å². The molecule has 8 heteroatoms. The molecular weight excluding hydrogens is 341 g/mol. The van der Waals surface area contributed by atoms with Crippen molar-refractivity contribution in [2.75, 3.05) is 18.4 Å². The Morgan fingerprint density at radius 3 is 2.70 bits per heavy atom. The smallest absolute Gasteiger partial charge is 0.404 e. The van der Waals surface area contributed by atoms with Gasteiger partial charge in [-0.1, -0.05) is 22.9 Å². The molecule has 2 N–H and O–H groups in total. The molecule has 0 fully saturated rings. The molecule has 0 atom stereocenters. The highest BCUT2D eigenvalue weighted by molar-refractivity contribution is 9.10. The van der Waals surface area contributed by atoms with Crippen molar-refractivity contribution in [1.29, 1.82) is 0 Å². The summed E-state index contributed by atoms with van der Waals surface area (Å²) in [4.78, 5) is 11.6. The highest BCUT2D eigenvalue weighted by atomic mass is 79.9. The summed E-state index contributed by atoms with van der Waals surface area (Å²) in [5, 5.41) is 5.34. The number of amides is 1. The van der Waals surface area contributed by atoms with Gasteiger partial charge in [0, 0.05) is 17.4 Å². The van der Waals surface area contributed by atoms with Crippen molar-refractivity contribution in [2.24, 2.45) is 0 Å². The summed E-state index contributed by atoms with van der Waals surface area (Å²) in [5.41, 5.74) is -0.0213. The maximum absolute atomic E-state index is 12.3. The van der Waals surface area contributed by atoms with Crippen LogP contribution in [-0.2, 0) is 4.79 Å². The van der Waals surface area contributed by atoms with Crippen molar-refractivity contribution in [3.8, 4) is 5.75 Å². The third kappa shape index (κ3) is 6.25. The molecule has 4 nitrogen and oxygen atoms in total. The monoisotopic (exact) mass is 354 g/mol. The lowest BCUT2D eigenvalue weighted by Crippen LogP contribution is -2.22. The second kappa shape index (κ2) is 7.49. The highest BCUT2D eigenvalue weighted by Crippen LogP contribution is 2.32. The van der Waals surface area contributed by atoms with Gasteiger partial charge in [0.1, 0.15) is 0 Å². The van der Waals surface area contributed by atoms with E-state index in [2.05, 4.69) is 31.3 Å². The Labute approximate surface area is 122 Å². The average Bonchev–Trinajstić information content (AvgIpc) is 2.31. The fourth-order valence-corrected chi connectivity index (χ4v) is 1.74. The second-order valence-electron chi connectivity index (χ2n) is 3.84. The number of ether oxygens (including phenoxy) is 1. The minimum absolute atomic E-state index is 0.0213. The predicted molar refractivity (Wildman–Crippen MR) is 72.6 cm³/mol. The zero-order chi connectivity index (χ0) is 15.2. The Morgan fingerprint density at radius 2 is 2.10 bits per heavy atom. The maximum Gasteiger partial charge on any atom is 0.573 e. The molecule has 1 aromatic rings. The van der Waals surface area contributed by atoms with Crippen molar-refractivity contribution in [1.82, 2.24) is 5.32 Å². The first-order chi connectivity index (χ1) is 9.31. The van der Waals surface area contributed by atoms with Gasteiger partial charge in [-0.3, -0.25) is 4.79 Å². The Bertz CT molecular complexity index is 467. The fraction of sp³-hybridized carbons (Fsp3) is 0.417. The molecule has 1 rings (SSSR count). The Balaban J connectivity index is 2.76. The van der Waals surface area contributed by atoms with Crippen LogP contribution < -0.4 is 15.4 Å². The van der Waals surface area contributed by atoms with Gasteiger partial charge in [-0.2, -0.15) is 0 Å². The average molecular weight is 355 g/mol. The van der Waals surface area contributed by atoms with E-state index in [4.69, 9.17) is 0 Å².